The van der Waals surface area contributed by atoms with Crippen LogP contribution in [0.2, 0.25) is 0 Å². The maximum Gasteiger partial charge on any atom is 0.340 e. The molecule has 1 amide bonds. The van der Waals surface area contributed by atoms with Crippen molar-refractivity contribution in [3.63, 3.8) is 0 Å². The molecule has 1 fully saturated rings. The number of sulfonamides is 1. The number of ether oxygens (including phenoxy) is 1. The van der Waals surface area contributed by atoms with E-state index in [-0.39, 0.29) is 30.8 Å². The highest BCUT2D eigenvalue weighted by Crippen LogP contribution is 2.28. The molecule has 0 atom stereocenters. The van der Waals surface area contributed by atoms with E-state index in [0.717, 1.165) is 12.1 Å². The lowest BCUT2D eigenvalue weighted by molar-refractivity contribution is -0.123. The van der Waals surface area contributed by atoms with Crippen LogP contribution < -0.4 is 9.62 Å². The SMILES string of the molecule is CCOC(=O)c1cc(C#N)c(N2CC(C(=O)NS(=O)(=O)Cc3ccc(F)cc3)C2)nc1CC. The van der Waals surface area contributed by atoms with Crippen molar-refractivity contribution >= 4 is 27.7 Å². The number of aromatic nitrogens is 1. The average Bonchev–Trinajstić information content (AvgIpc) is 2.73. The van der Waals surface area contributed by atoms with Crippen LogP contribution in [-0.4, -0.2) is 45.0 Å². The lowest BCUT2D eigenvalue weighted by Gasteiger charge is -2.39. The molecular formula is C22H23FN4O5S. The van der Waals surface area contributed by atoms with Crippen molar-refractivity contribution in [2.45, 2.75) is 26.0 Å². The summed E-state index contributed by atoms with van der Waals surface area (Å²) in [5.74, 6) is -2.44. The molecule has 0 bridgehead atoms. The molecule has 1 saturated heterocycles. The van der Waals surface area contributed by atoms with Crippen LogP contribution in [0.3, 0.4) is 0 Å². The molecule has 33 heavy (non-hydrogen) atoms. The number of nitriles is 1. The normalized spacial score (nSPS) is 13.7. The van der Waals surface area contributed by atoms with Gasteiger partial charge in [0.15, 0.2) is 0 Å². The van der Waals surface area contributed by atoms with Gasteiger partial charge >= 0.3 is 5.97 Å². The van der Waals surface area contributed by atoms with Crippen molar-refractivity contribution in [2.24, 2.45) is 5.92 Å². The van der Waals surface area contributed by atoms with E-state index in [2.05, 4.69) is 4.98 Å². The Morgan fingerprint density at radius 1 is 1.27 bits per heavy atom. The smallest absolute Gasteiger partial charge is 0.340 e. The van der Waals surface area contributed by atoms with Gasteiger partial charge in [-0.25, -0.2) is 22.6 Å². The number of carbonyl (C=O) groups is 2. The molecule has 11 heteroatoms. The number of hydrogen-bond acceptors (Lipinski definition) is 8. The highest BCUT2D eigenvalue weighted by atomic mass is 32.2. The van der Waals surface area contributed by atoms with E-state index in [4.69, 9.17) is 4.74 Å². The van der Waals surface area contributed by atoms with Gasteiger partial charge in [-0.1, -0.05) is 19.1 Å². The Morgan fingerprint density at radius 2 is 1.94 bits per heavy atom. The van der Waals surface area contributed by atoms with Crippen molar-refractivity contribution in [1.29, 1.82) is 5.26 Å². The fourth-order valence-electron chi connectivity index (χ4n) is 3.41. The second-order valence-electron chi connectivity index (χ2n) is 7.49. The maximum atomic E-state index is 13.0. The number of rotatable bonds is 8. The van der Waals surface area contributed by atoms with Crippen molar-refractivity contribution < 1.29 is 27.1 Å². The predicted molar refractivity (Wildman–Crippen MR) is 117 cm³/mol. The van der Waals surface area contributed by atoms with Gasteiger partial charge in [-0.3, -0.25) is 9.52 Å². The summed E-state index contributed by atoms with van der Waals surface area (Å²) in [7, 11) is -3.95. The molecule has 1 aliphatic heterocycles. The molecule has 1 aliphatic rings. The Labute approximate surface area is 191 Å². The molecule has 1 aromatic heterocycles. The number of esters is 1. The zero-order valence-electron chi connectivity index (χ0n) is 18.2. The minimum absolute atomic E-state index is 0.165. The lowest BCUT2D eigenvalue weighted by Crippen LogP contribution is -2.55. The third-order valence-corrected chi connectivity index (χ3v) is 6.34. The Balaban J connectivity index is 1.67. The first kappa shape index (κ1) is 24.1. The Kier molecular flexibility index (Phi) is 7.28. The number of carbonyl (C=O) groups excluding carboxylic acids is 2. The molecule has 0 aliphatic carbocycles. The summed E-state index contributed by atoms with van der Waals surface area (Å²) in [4.78, 5) is 30.7. The van der Waals surface area contributed by atoms with Crippen molar-refractivity contribution in [2.75, 3.05) is 24.6 Å². The Morgan fingerprint density at radius 3 is 2.52 bits per heavy atom. The van der Waals surface area contributed by atoms with Crippen LogP contribution in [0.1, 0.15) is 41.0 Å². The quantitative estimate of drug-likeness (QED) is 0.575. The molecule has 0 unspecified atom stereocenters. The van der Waals surface area contributed by atoms with Gasteiger partial charge in [-0.15, -0.1) is 0 Å². The zero-order valence-corrected chi connectivity index (χ0v) is 19.0. The van der Waals surface area contributed by atoms with E-state index in [1.54, 1.807) is 11.8 Å². The topological polar surface area (TPSA) is 129 Å². The highest BCUT2D eigenvalue weighted by Gasteiger charge is 2.37. The first-order chi connectivity index (χ1) is 15.7. The molecule has 0 spiro atoms. The summed E-state index contributed by atoms with van der Waals surface area (Å²) in [5.41, 5.74) is 1.21. The molecule has 2 aromatic rings. The third kappa shape index (κ3) is 5.64. The number of anilines is 1. The van der Waals surface area contributed by atoms with Gasteiger partial charge in [-0.05, 0) is 37.1 Å². The van der Waals surface area contributed by atoms with E-state index in [1.807, 2.05) is 17.7 Å². The predicted octanol–water partition coefficient (Wildman–Crippen LogP) is 1.91. The number of nitrogens with zero attached hydrogens (tertiary/aromatic N) is 3. The molecule has 9 nitrogen and oxygen atoms in total. The molecule has 2 heterocycles. The summed E-state index contributed by atoms with van der Waals surface area (Å²) in [6, 6.07) is 8.41. The van der Waals surface area contributed by atoms with Gasteiger partial charge in [0.2, 0.25) is 15.9 Å². The first-order valence-electron chi connectivity index (χ1n) is 10.3. The van der Waals surface area contributed by atoms with Crippen LogP contribution in [0.15, 0.2) is 30.3 Å². The number of aryl methyl sites for hydroxylation is 1. The number of nitrogens with one attached hydrogen (secondary N) is 1. The third-order valence-electron chi connectivity index (χ3n) is 5.11. The summed E-state index contributed by atoms with van der Waals surface area (Å²) < 4.78 is 44.6. The average molecular weight is 475 g/mol. The van der Waals surface area contributed by atoms with Crippen LogP contribution in [0.5, 0.6) is 0 Å². The van der Waals surface area contributed by atoms with Crippen molar-refractivity contribution in [1.82, 2.24) is 9.71 Å². The minimum Gasteiger partial charge on any atom is -0.462 e. The van der Waals surface area contributed by atoms with Crippen LogP contribution in [-0.2, 0) is 31.7 Å². The fourth-order valence-corrected chi connectivity index (χ4v) is 4.59. The second-order valence-corrected chi connectivity index (χ2v) is 9.22. The van der Waals surface area contributed by atoms with Crippen LogP contribution in [0.25, 0.3) is 0 Å². The first-order valence-corrected chi connectivity index (χ1v) is 12.0. The monoisotopic (exact) mass is 474 g/mol. The minimum atomic E-state index is -3.95. The van der Waals surface area contributed by atoms with E-state index < -0.39 is 39.4 Å². The molecule has 3 rings (SSSR count). The Hall–Kier alpha value is -3.52. The van der Waals surface area contributed by atoms with Gasteiger partial charge in [0, 0.05) is 13.1 Å². The van der Waals surface area contributed by atoms with E-state index in [9.17, 15) is 27.7 Å². The van der Waals surface area contributed by atoms with Crippen LogP contribution in [0, 0.1) is 23.1 Å². The summed E-state index contributed by atoms with van der Waals surface area (Å²) in [6.07, 6.45) is 0.437. The molecule has 1 N–H and O–H groups in total. The number of amides is 1. The summed E-state index contributed by atoms with van der Waals surface area (Å²) in [5, 5.41) is 9.52. The van der Waals surface area contributed by atoms with Gasteiger partial charge in [0.05, 0.1) is 35.1 Å². The van der Waals surface area contributed by atoms with Gasteiger partial charge in [0.25, 0.3) is 0 Å². The zero-order chi connectivity index (χ0) is 24.2. The number of halogens is 1. The van der Waals surface area contributed by atoms with E-state index in [0.29, 0.717) is 23.5 Å². The molecule has 0 saturated carbocycles. The van der Waals surface area contributed by atoms with Gasteiger partial charge in [0.1, 0.15) is 17.7 Å². The highest BCUT2D eigenvalue weighted by molar-refractivity contribution is 7.89. The number of hydrogen-bond donors (Lipinski definition) is 1. The van der Waals surface area contributed by atoms with Crippen molar-refractivity contribution in [3.8, 4) is 6.07 Å². The van der Waals surface area contributed by atoms with Gasteiger partial charge in [-0.2, -0.15) is 5.26 Å². The maximum absolute atomic E-state index is 13.0. The lowest BCUT2D eigenvalue weighted by atomic mass is 9.98. The van der Waals surface area contributed by atoms with Crippen LogP contribution >= 0.6 is 0 Å². The standard InChI is InChI=1S/C22H23FN4O5S/c1-3-19-18(22(29)32-4-2)9-15(10-24)20(25-19)27-11-16(12-27)21(28)26-33(30,31)13-14-5-7-17(23)8-6-14/h5-9,16H,3-4,11-13H2,1-2H3,(H,26,28). The van der Waals surface area contributed by atoms with Gasteiger partial charge < -0.3 is 9.64 Å². The molecule has 0 radical (unpaired) electrons. The van der Waals surface area contributed by atoms with Crippen LogP contribution in [0.4, 0.5) is 10.2 Å². The largest absolute Gasteiger partial charge is 0.462 e. The van der Waals surface area contributed by atoms with Crippen molar-refractivity contribution in [3.05, 3.63) is 58.5 Å². The summed E-state index contributed by atoms with van der Waals surface area (Å²) >= 11 is 0. The molecular weight excluding hydrogens is 451 g/mol. The summed E-state index contributed by atoms with van der Waals surface area (Å²) in [6.45, 7) is 4.03. The Bertz CT molecular complexity index is 1200. The number of benzene rings is 1. The second kappa shape index (κ2) is 9.95. The number of pyridine rings is 1. The molecule has 1 aromatic carbocycles. The van der Waals surface area contributed by atoms with E-state index >= 15 is 0 Å². The molecule has 174 valence electrons. The fraction of sp³-hybridized carbons (Fsp3) is 0.364. The van der Waals surface area contributed by atoms with E-state index in [1.165, 1.54) is 18.2 Å².